The van der Waals surface area contributed by atoms with Crippen molar-refractivity contribution in [2.45, 2.75) is 63.3 Å². The lowest BCUT2D eigenvalue weighted by molar-refractivity contribution is -0.146. The summed E-state index contributed by atoms with van der Waals surface area (Å²) in [5.41, 5.74) is 0.234. The monoisotopic (exact) mass is 354 g/mol. The molecular weight excluding hydrogens is 328 g/mol. The van der Waals surface area contributed by atoms with Crippen LogP contribution in [0.5, 0.6) is 0 Å². The zero-order valence-corrected chi connectivity index (χ0v) is 15.1. The summed E-state index contributed by atoms with van der Waals surface area (Å²) in [5.74, 6) is -0.544. The number of nitrogens with zero attached hydrogens (tertiary/aromatic N) is 1. The van der Waals surface area contributed by atoms with Gasteiger partial charge in [0, 0.05) is 6.42 Å². The summed E-state index contributed by atoms with van der Waals surface area (Å²) in [6.07, 6.45) is 7.83. The van der Waals surface area contributed by atoms with Crippen LogP contribution in [0, 0.1) is 5.41 Å². The van der Waals surface area contributed by atoms with Crippen LogP contribution in [-0.2, 0) is 19.9 Å². The molecular formula is C21H26N2O3. The summed E-state index contributed by atoms with van der Waals surface area (Å²) >= 11 is 0. The zero-order valence-electron chi connectivity index (χ0n) is 15.1. The van der Waals surface area contributed by atoms with Crippen LogP contribution in [0.3, 0.4) is 0 Å². The number of carbonyl (C=O) groups is 3. The van der Waals surface area contributed by atoms with Gasteiger partial charge in [0.2, 0.25) is 17.7 Å². The Bertz CT molecular complexity index is 718. The Morgan fingerprint density at radius 3 is 2.27 bits per heavy atom. The van der Waals surface area contributed by atoms with Crippen molar-refractivity contribution in [3.8, 4) is 0 Å². The molecule has 0 bridgehead atoms. The third kappa shape index (κ3) is 2.83. The highest BCUT2D eigenvalue weighted by Crippen LogP contribution is 2.45. The maximum absolute atomic E-state index is 12.9. The highest BCUT2D eigenvalue weighted by molar-refractivity contribution is 6.08. The third-order valence-corrected chi connectivity index (χ3v) is 6.51. The van der Waals surface area contributed by atoms with E-state index >= 15 is 0 Å². The second-order valence-electron chi connectivity index (χ2n) is 8.15. The molecule has 1 aliphatic heterocycles. The normalized spacial score (nSPS) is 23.8. The summed E-state index contributed by atoms with van der Waals surface area (Å²) in [6.45, 7) is -0.145. The van der Waals surface area contributed by atoms with Gasteiger partial charge in [0.05, 0.1) is 11.0 Å². The molecule has 2 saturated carbocycles. The molecule has 5 nitrogen and oxygen atoms in total. The Morgan fingerprint density at radius 1 is 0.962 bits per heavy atom. The standard InChI is InChI=1S/C21H26N2O3/c24-17(22-21(12-7-13-21)16-8-3-1-4-9-16)15-23-18(25)14-20(19(23)26)10-5-2-6-11-20/h1,3-4,8-9H,2,5-7,10-15H2,(H,22,24). The first-order valence-corrected chi connectivity index (χ1v) is 9.76. The average Bonchev–Trinajstić information content (AvgIpc) is 2.84. The molecule has 4 rings (SSSR count). The van der Waals surface area contributed by atoms with Gasteiger partial charge in [0.25, 0.3) is 0 Å². The van der Waals surface area contributed by atoms with Gasteiger partial charge < -0.3 is 5.32 Å². The van der Waals surface area contributed by atoms with Gasteiger partial charge in [-0.1, -0.05) is 49.6 Å². The molecule has 0 unspecified atom stereocenters. The number of hydrogen-bond acceptors (Lipinski definition) is 3. The lowest BCUT2D eigenvalue weighted by Crippen LogP contribution is -2.54. The van der Waals surface area contributed by atoms with Crippen LogP contribution in [0.25, 0.3) is 0 Å². The van der Waals surface area contributed by atoms with Crippen molar-refractivity contribution in [2.75, 3.05) is 6.54 Å². The number of nitrogens with one attached hydrogen (secondary N) is 1. The summed E-state index contributed by atoms with van der Waals surface area (Å²) in [7, 11) is 0. The fourth-order valence-corrected chi connectivity index (χ4v) is 4.86. The van der Waals surface area contributed by atoms with Crippen LogP contribution in [0.1, 0.15) is 63.4 Å². The minimum absolute atomic E-state index is 0.125. The second kappa shape index (κ2) is 6.53. The number of imide groups is 1. The van der Waals surface area contributed by atoms with Crippen LogP contribution in [-0.4, -0.2) is 29.2 Å². The highest BCUT2D eigenvalue weighted by Gasteiger charge is 2.52. The van der Waals surface area contributed by atoms with E-state index in [1.165, 1.54) is 4.90 Å². The van der Waals surface area contributed by atoms with Crippen molar-refractivity contribution in [3.63, 3.8) is 0 Å². The van der Waals surface area contributed by atoms with E-state index < -0.39 is 5.41 Å². The first-order chi connectivity index (χ1) is 12.5. The van der Waals surface area contributed by atoms with E-state index in [0.717, 1.165) is 56.9 Å². The van der Waals surface area contributed by atoms with Crippen LogP contribution in [0.2, 0.25) is 0 Å². The quantitative estimate of drug-likeness (QED) is 0.846. The van der Waals surface area contributed by atoms with Gasteiger partial charge >= 0.3 is 0 Å². The van der Waals surface area contributed by atoms with Crippen LogP contribution >= 0.6 is 0 Å². The van der Waals surface area contributed by atoms with E-state index in [-0.39, 0.29) is 36.2 Å². The molecule has 1 spiro atoms. The molecule has 2 aliphatic carbocycles. The number of amides is 3. The van der Waals surface area contributed by atoms with Crippen molar-refractivity contribution in [3.05, 3.63) is 35.9 Å². The topological polar surface area (TPSA) is 66.5 Å². The molecule has 26 heavy (non-hydrogen) atoms. The fourth-order valence-electron chi connectivity index (χ4n) is 4.86. The highest BCUT2D eigenvalue weighted by atomic mass is 16.2. The van der Waals surface area contributed by atoms with Crippen LogP contribution in [0.4, 0.5) is 0 Å². The summed E-state index contributed by atoms with van der Waals surface area (Å²) in [5, 5.41) is 3.12. The molecule has 1 saturated heterocycles. The maximum Gasteiger partial charge on any atom is 0.240 e. The largest absolute Gasteiger partial charge is 0.345 e. The van der Waals surface area contributed by atoms with Crippen molar-refractivity contribution >= 4 is 17.7 Å². The zero-order chi connectivity index (χ0) is 18.2. The molecule has 0 radical (unpaired) electrons. The Morgan fingerprint density at radius 2 is 1.65 bits per heavy atom. The van der Waals surface area contributed by atoms with Gasteiger partial charge in [-0.15, -0.1) is 0 Å². The van der Waals surface area contributed by atoms with Gasteiger partial charge in [-0.3, -0.25) is 19.3 Å². The van der Waals surface area contributed by atoms with Gasteiger partial charge in [-0.25, -0.2) is 0 Å². The Hall–Kier alpha value is -2.17. The van der Waals surface area contributed by atoms with Gasteiger partial charge in [-0.2, -0.15) is 0 Å². The van der Waals surface area contributed by atoms with Crippen molar-refractivity contribution in [1.82, 2.24) is 10.2 Å². The first-order valence-electron chi connectivity index (χ1n) is 9.76. The fraction of sp³-hybridized carbons (Fsp3) is 0.571. The summed E-state index contributed by atoms with van der Waals surface area (Å²) in [6, 6.07) is 9.97. The molecule has 5 heteroatoms. The Balaban J connectivity index is 1.45. The number of hydrogen-bond donors (Lipinski definition) is 1. The average molecular weight is 354 g/mol. The predicted octanol–water partition coefficient (Wildman–Crippen LogP) is 2.89. The number of benzene rings is 1. The molecule has 1 aromatic rings. The number of rotatable bonds is 4. The molecule has 1 heterocycles. The van der Waals surface area contributed by atoms with Gasteiger partial charge in [-0.05, 0) is 37.7 Å². The SMILES string of the molecule is O=C(CN1C(=O)CC2(CCCCC2)C1=O)NC1(c2ccccc2)CCC1. The molecule has 3 amide bonds. The maximum atomic E-state index is 12.9. The van der Waals surface area contributed by atoms with Crippen LogP contribution < -0.4 is 5.32 Å². The lowest BCUT2D eigenvalue weighted by atomic mass is 9.72. The van der Waals surface area contributed by atoms with E-state index in [4.69, 9.17) is 0 Å². The van der Waals surface area contributed by atoms with Gasteiger partial charge in [0.15, 0.2) is 0 Å². The Labute approximate surface area is 154 Å². The smallest absolute Gasteiger partial charge is 0.240 e. The number of carbonyl (C=O) groups excluding carboxylic acids is 3. The second-order valence-corrected chi connectivity index (χ2v) is 8.15. The van der Waals surface area contributed by atoms with E-state index in [9.17, 15) is 14.4 Å². The third-order valence-electron chi connectivity index (χ3n) is 6.51. The van der Waals surface area contributed by atoms with E-state index in [2.05, 4.69) is 5.32 Å². The van der Waals surface area contributed by atoms with Crippen molar-refractivity contribution in [2.24, 2.45) is 5.41 Å². The first kappa shape index (κ1) is 17.3. The van der Waals surface area contributed by atoms with E-state index in [1.807, 2.05) is 30.3 Å². The van der Waals surface area contributed by atoms with E-state index in [1.54, 1.807) is 0 Å². The van der Waals surface area contributed by atoms with E-state index in [0.29, 0.717) is 0 Å². The molecule has 1 N–H and O–H groups in total. The number of likely N-dealkylation sites (tertiary alicyclic amines) is 1. The predicted molar refractivity (Wildman–Crippen MR) is 97.0 cm³/mol. The molecule has 0 aromatic heterocycles. The summed E-state index contributed by atoms with van der Waals surface area (Å²) in [4.78, 5) is 39.2. The molecule has 1 aromatic carbocycles. The Kier molecular flexibility index (Phi) is 4.33. The molecule has 138 valence electrons. The minimum atomic E-state index is -0.525. The molecule has 3 aliphatic rings. The van der Waals surface area contributed by atoms with Crippen molar-refractivity contribution in [1.29, 1.82) is 0 Å². The van der Waals surface area contributed by atoms with Crippen LogP contribution in [0.15, 0.2) is 30.3 Å². The molecule has 3 fully saturated rings. The molecule has 0 atom stereocenters. The minimum Gasteiger partial charge on any atom is -0.345 e. The summed E-state index contributed by atoms with van der Waals surface area (Å²) < 4.78 is 0. The lowest BCUT2D eigenvalue weighted by Gasteiger charge is -2.43. The van der Waals surface area contributed by atoms with Crippen molar-refractivity contribution < 1.29 is 14.4 Å². The van der Waals surface area contributed by atoms with Gasteiger partial charge in [0.1, 0.15) is 6.54 Å².